The summed E-state index contributed by atoms with van der Waals surface area (Å²) in [6, 6.07) is 0. The van der Waals surface area contributed by atoms with E-state index in [0.29, 0.717) is 0 Å². The van der Waals surface area contributed by atoms with Crippen LogP contribution in [0.2, 0.25) is 0 Å². The number of methoxy groups -OCH3 is 1. The minimum absolute atomic E-state index is 0. The Morgan fingerprint density at radius 1 is 1.20 bits per heavy atom. The maximum atomic E-state index is 9.46. The molecule has 1 N–H and O–H groups in total. The molecule has 0 saturated heterocycles. The van der Waals surface area contributed by atoms with Crippen molar-refractivity contribution in [2.75, 3.05) is 7.11 Å². The Morgan fingerprint density at radius 2 is 1.70 bits per heavy atom. The Hall–Kier alpha value is 0.210. The van der Waals surface area contributed by atoms with Crippen molar-refractivity contribution in [1.82, 2.24) is 0 Å². The number of hydrogen-bond acceptors (Lipinski definition) is 2. The third-order valence-electron chi connectivity index (χ3n) is 2.01. The van der Waals surface area contributed by atoms with Crippen LogP contribution in [0.5, 0.6) is 0 Å². The summed E-state index contributed by atoms with van der Waals surface area (Å²) in [5.74, 6) is -0.780. The molecule has 0 aromatic heterocycles. The molecule has 0 aromatic rings. The molecular weight excluding hydrogens is 152 g/mol. The molecule has 1 fully saturated rings. The van der Waals surface area contributed by atoms with Gasteiger partial charge in [-0.1, -0.05) is 6.42 Å². The van der Waals surface area contributed by atoms with Gasteiger partial charge in [-0.3, -0.25) is 0 Å². The van der Waals surface area contributed by atoms with E-state index in [1.165, 1.54) is 6.42 Å². The van der Waals surface area contributed by atoms with Crippen LogP contribution >= 0.6 is 12.4 Å². The highest BCUT2D eigenvalue weighted by Gasteiger charge is 2.27. The molecule has 1 aliphatic rings. The predicted octanol–water partition coefficient (Wildman–Crippen LogP) is 1.71. The molecule has 1 saturated carbocycles. The minimum Gasteiger partial charge on any atom is -0.365 e. The Labute approximate surface area is 68.0 Å². The summed E-state index contributed by atoms with van der Waals surface area (Å²) in [5, 5.41) is 9.46. The first-order valence-electron chi connectivity index (χ1n) is 3.54. The van der Waals surface area contributed by atoms with Crippen molar-refractivity contribution in [3.63, 3.8) is 0 Å². The van der Waals surface area contributed by atoms with E-state index in [1.807, 2.05) is 0 Å². The van der Waals surface area contributed by atoms with Gasteiger partial charge in [-0.15, -0.1) is 12.4 Å². The van der Waals surface area contributed by atoms with Crippen molar-refractivity contribution >= 4 is 12.4 Å². The van der Waals surface area contributed by atoms with Crippen LogP contribution in [-0.4, -0.2) is 18.0 Å². The number of hydrogen-bond donors (Lipinski definition) is 1. The molecule has 1 rings (SSSR count). The number of rotatable bonds is 1. The first-order chi connectivity index (χ1) is 4.27. The summed E-state index contributed by atoms with van der Waals surface area (Å²) in [5.41, 5.74) is 0. The fourth-order valence-electron chi connectivity index (χ4n) is 1.31. The van der Waals surface area contributed by atoms with Gasteiger partial charge in [0.1, 0.15) is 0 Å². The fourth-order valence-corrected chi connectivity index (χ4v) is 1.31. The van der Waals surface area contributed by atoms with Crippen LogP contribution in [0.3, 0.4) is 0 Å². The lowest BCUT2D eigenvalue weighted by molar-refractivity contribution is -0.202. The van der Waals surface area contributed by atoms with Crippen molar-refractivity contribution in [3.8, 4) is 0 Å². The lowest BCUT2D eigenvalue weighted by Crippen LogP contribution is -2.32. The van der Waals surface area contributed by atoms with Gasteiger partial charge in [0.15, 0.2) is 5.79 Å². The highest BCUT2D eigenvalue weighted by molar-refractivity contribution is 5.85. The second kappa shape index (κ2) is 4.16. The van der Waals surface area contributed by atoms with Crippen LogP contribution in [0.4, 0.5) is 0 Å². The zero-order chi connectivity index (χ0) is 6.74. The number of aliphatic hydroxyl groups is 1. The molecule has 0 amide bonds. The second-order valence-electron chi connectivity index (χ2n) is 2.71. The summed E-state index contributed by atoms with van der Waals surface area (Å²) in [4.78, 5) is 0. The largest absolute Gasteiger partial charge is 0.365 e. The molecule has 0 radical (unpaired) electrons. The van der Waals surface area contributed by atoms with Gasteiger partial charge < -0.3 is 9.84 Å². The highest BCUT2D eigenvalue weighted by Crippen LogP contribution is 2.27. The van der Waals surface area contributed by atoms with E-state index in [0.717, 1.165) is 25.7 Å². The Balaban J connectivity index is 0.000000810. The molecule has 0 atom stereocenters. The zero-order valence-corrected chi connectivity index (χ0v) is 7.12. The van der Waals surface area contributed by atoms with E-state index in [2.05, 4.69) is 0 Å². The maximum Gasteiger partial charge on any atom is 0.165 e. The van der Waals surface area contributed by atoms with Gasteiger partial charge in [0, 0.05) is 20.0 Å². The standard InChI is InChI=1S/C7H14O2.ClH/c1-9-7(8)5-3-2-4-6-7;/h8H,2-6H2,1H3;1H. The molecule has 0 spiro atoms. The van der Waals surface area contributed by atoms with Gasteiger partial charge in [-0.05, 0) is 12.8 Å². The fraction of sp³-hybridized carbons (Fsp3) is 1.00. The molecule has 1 aliphatic carbocycles. The van der Waals surface area contributed by atoms with Crippen LogP contribution in [0, 0.1) is 0 Å². The van der Waals surface area contributed by atoms with E-state index in [-0.39, 0.29) is 12.4 Å². The molecule has 3 heteroatoms. The van der Waals surface area contributed by atoms with Gasteiger partial charge in [-0.25, -0.2) is 0 Å². The van der Waals surface area contributed by atoms with E-state index in [4.69, 9.17) is 4.74 Å². The maximum absolute atomic E-state index is 9.46. The quantitative estimate of drug-likeness (QED) is 0.601. The second-order valence-corrected chi connectivity index (χ2v) is 2.71. The SMILES string of the molecule is COC1(O)CCCCC1.Cl. The Kier molecular flexibility index (Phi) is 4.25. The van der Waals surface area contributed by atoms with Crippen LogP contribution in [0.25, 0.3) is 0 Å². The summed E-state index contributed by atoms with van der Waals surface area (Å²) in [6.07, 6.45) is 5.06. The summed E-state index contributed by atoms with van der Waals surface area (Å²) in [7, 11) is 1.57. The summed E-state index contributed by atoms with van der Waals surface area (Å²) >= 11 is 0. The predicted molar refractivity (Wildman–Crippen MR) is 42.3 cm³/mol. The topological polar surface area (TPSA) is 29.5 Å². The molecule has 0 aliphatic heterocycles. The molecule has 10 heavy (non-hydrogen) atoms. The summed E-state index contributed by atoms with van der Waals surface area (Å²) in [6.45, 7) is 0. The number of ether oxygens (including phenoxy) is 1. The van der Waals surface area contributed by atoms with Crippen LogP contribution in [0.1, 0.15) is 32.1 Å². The Bertz CT molecular complexity index is 89.6. The van der Waals surface area contributed by atoms with Gasteiger partial charge in [0.25, 0.3) is 0 Å². The van der Waals surface area contributed by atoms with E-state index < -0.39 is 5.79 Å². The molecular formula is C7H15ClO2. The van der Waals surface area contributed by atoms with Gasteiger partial charge in [0.2, 0.25) is 0 Å². The molecule has 0 unspecified atom stereocenters. The van der Waals surface area contributed by atoms with Gasteiger partial charge >= 0.3 is 0 Å². The molecule has 0 aromatic carbocycles. The first kappa shape index (κ1) is 10.2. The number of halogens is 1. The van der Waals surface area contributed by atoms with E-state index >= 15 is 0 Å². The summed E-state index contributed by atoms with van der Waals surface area (Å²) < 4.78 is 4.93. The molecule has 2 nitrogen and oxygen atoms in total. The zero-order valence-electron chi connectivity index (χ0n) is 6.30. The van der Waals surface area contributed by atoms with Crippen LogP contribution in [0.15, 0.2) is 0 Å². The van der Waals surface area contributed by atoms with E-state index in [9.17, 15) is 5.11 Å². The minimum atomic E-state index is -0.780. The average Bonchev–Trinajstić information content (AvgIpc) is 1.90. The highest BCUT2D eigenvalue weighted by atomic mass is 35.5. The van der Waals surface area contributed by atoms with Gasteiger partial charge in [-0.2, -0.15) is 0 Å². The third-order valence-corrected chi connectivity index (χ3v) is 2.01. The smallest absolute Gasteiger partial charge is 0.165 e. The average molecular weight is 167 g/mol. The van der Waals surface area contributed by atoms with Crippen molar-refractivity contribution in [2.24, 2.45) is 0 Å². The molecule has 62 valence electrons. The van der Waals surface area contributed by atoms with Crippen LogP contribution < -0.4 is 0 Å². The molecule has 0 bridgehead atoms. The third kappa shape index (κ3) is 2.45. The monoisotopic (exact) mass is 166 g/mol. The van der Waals surface area contributed by atoms with E-state index in [1.54, 1.807) is 7.11 Å². The van der Waals surface area contributed by atoms with Gasteiger partial charge in [0.05, 0.1) is 0 Å². The van der Waals surface area contributed by atoms with Crippen molar-refractivity contribution in [3.05, 3.63) is 0 Å². The first-order valence-corrected chi connectivity index (χ1v) is 3.54. The normalized spacial score (nSPS) is 23.4. The van der Waals surface area contributed by atoms with Crippen LogP contribution in [-0.2, 0) is 4.74 Å². The Morgan fingerprint density at radius 3 is 2.00 bits per heavy atom. The lowest BCUT2D eigenvalue weighted by atomic mass is 9.94. The van der Waals surface area contributed by atoms with Crippen molar-refractivity contribution in [1.29, 1.82) is 0 Å². The lowest BCUT2D eigenvalue weighted by Gasteiger charge is -2.29. The van der Waals surface area contributed by atoms with Crippen molar-refractivity contribution < 1.29 is 9.84 Å². The molecule has 0 heterocycles. The van der Waals surface area contributed by atoms with Crippen molar-refractivity contribution in [2.45, 2.75) is 37.9 Å².